The van der Waals surface area contributed by atoms with Crippen LogP contribution in [0.4, 0.5) is 0 Å². The minimum Gasteiger partial charge on any atom is -0.379 e. The molecule has 2 rings (SSSR count). The van der Waals surface area contributed by atoms with E-state index in [9.17, 15) is 0 Å². The summed E-state index contributed by atoms with van der Waals surface area (Å²) in [5, 5.41) is 6.86. The average Bonchev–Trinajstić information content (AvgIpc) is 2.61. The van der Waals surface area contributed by atoms with Crippen molar-refractivity contribution in [2.24, 2.45) is 4.99 Å². The highest BCUT2D eigenvalue weighted by atomic mass is 32.2. The van der Waals surface area contributed by atoms with E-state index in [0.29, 0.717) is 6.04 Å². The Morgan fingerprint density at radius 2 is 2.12 bits per heavy atom. The lowest BCUT2D eigenvalue weighted by atomic mass is 10.0. The fraction of sp³-hybridized carbons (Fsp3) is 0.611. The molecule has 24 heavy (non-hydrogen) atoms. The second kappa shape index (κ2) is 10.6. The third-order valence-electron chi connectivity index (χ3n) is 4.20. The molecule has 0 spiro atoms. The van der Waals surface area contributed by atoms with Crippen molar-refractivity contribution in [3.05, 3.63) is 35.4 Å². The lowest BCUT2D eigenvalue weighted by Crippen LogP contribution is -2.46. The number of hydrogen-bond donors (Lipinski definition) is 2. The smallest absolute Gasteiger partial charge is 0.191 e. The van der Waals surface area contributed by atoms with Crippen LogP contribution in [0, 0.1) is 6.92 Å². The molecule has 1 fully saturated rings. The molecule has 2 N–H and O–H groups in total. The van der Waals surface area contributed by atoms with Crippen molar-refractivity contribution in [3.63, 3.8) is 0 Å². The standard InChI is InChI=1S/C18H30N4OS/c1-15-5-4-6-16(13-15)17(22-8-10-23-11-9-22)14-21-18(19-2)20-7-12-24-3/h4-6,13,17H,7-12,14H2,1-3H3,(H2,19,20,21). The number of rotatable bonds is 7. The van der Waals surface area contributed by atoms with Gasteiger partial charge in [0.2, 0.25) is 0 Å². The van der Waals surface area contributed by atoms with Gasteiger partial charge in [0.15, 0.2) is 5.96 Å². The van der Waals surface area contributed by atoms with E-state index in [0.717, 1.165) is 51.1 Å². The predicted octanol–water partition coefficient (Wildman–Crippen LogP) is 1.90. The van der Waals surface area contributed by atoms with E-state index >= 15 is 0 Å². The van der Waals surface area contributed by atoms with Crippen molar-refractivity contribution >= 4 is 17.7 Å². The van der Waals surface area contributed by atoms with Gasteiger partial charge in [0.05, 0.1) is 19.3 Å². The van der Waals surface area contributed by atoms with Gasteiger partial charge in [-0.1, -0.05) is 29.8 Å². The largest absolute Gasteiger partial charge is 0.379 e. The third kappa shape index (κ3) is 6.00. The first-order valence-corrected chi connectivity index (χ1v) is 9.95. The summed E-state index contributed by atoms with van der Waals surface area (Å²) in [4.78, 5) is 6.83. The number of aryl methyl sites for hydroxylation is 1. The van der Waals surface area contributed by atoms with Crippen LogP contribution in [0.5, 0.6) is 0 Å². The Morgan fingerprint density at radius 1 is 1.33 bits per heavy atom. The van der Waals surface area contributed by atoms with E-state index in [1.54, 1.807) is 0 Å². The van der Waals surface area contributed by atoms with Crippen LogP contribution in [0.25, 0.3) is 0 Å². The number of morpholine rings is 1. The molecule has 0 aromatic heterocycles. The van der Waals surface area contributed by atoms with Crippen molar-refractivity contribution in [1.29, 1.82) is 0 Å². The van der Waals surface area contributed by atoms with E-state index in [4.69, 9.17) is 4.74 Å². The number of thioether (sulfide) groups is 1. The highest BCUT2D eigenvalue weighted by Crippen LogP contribution is 2.22. The van der Waals surface area contributed by atoms with E-state index in [1.807, 2.05) is 18.8 Å². The van der Waals surface area contributed by atoms with Crippen molar-refractivity contribution in [2.45, 2.75) is 13.0 Å². The molecule has 134 valence electrons. The molecule has 6 heteroatoms. The van der Waals surface area contributed by atoms with Crippen LogP contribution in [0.3, 0.4) is 0 Å². The van der Waals surface area contributed by atoms with Crippen LogP contribution < -0.4 is 10.6 Å². The normalized spacial score (nSPS) is 17.5. The number of nitrogens with zero attached hydrogens (tertiary/aromatic N) is 2. The monoisotopic (exact) mass is 350 g/mol. The SMILES string of the molecule is CN=C(NCCSC)NCC(c1cccc(C)c1)N1CCOCC1. The Hall–Kier alpha value is -1.24. The molecular weight excluding hydrogens is 320 g/mol. The van der Waals surface area contributed by atoms with Gasteiger partial charge in [-0.25, -0.2) is 0 Å². The highest BCUT2D eigenvalue weighted by Gasteiger charge is 2.22. The third-order valence-corrected chi connectivity index (χ3v) is 4.81. The fourth-order valence-corrected chi connectivity index (χ4v) is 3.22. The first kappa shape index (κ1) is 19.1. The summed E-state index contributed by atoms with van der Waals surface area (Å²) >= 11 is 1.83. The first-order chi connectivity index (χ1) is 11.7. The number of benzene rings is 1. The molecule has 1 aliphatic rings. The molecule has 1 unspecified atom stereocenters. The fourth-order valence-electron chi connectivity index (χ4n) is 2.91. The molecule has 0 aliphatic carbocycles. The molecule has 0 amide bonds. The van der Waals surface area contributed by atoms with Crippen molar-refractivity contribution in [2.75, 3.05) is 58.4 Å². The summed E-state index contributed by atoms with van der Waals surface area (Å²) in [5.74, 6) is 1.95. The van der Waals surface area contributed by atoms with Crippen molar-refractivity contribution < 1.29 is 4.74 Å². The summed E-state index contributed by atoms with van der Waals surface area (Å²) in [5.41, 5.74) is 2.65. The van der Waals surface area contributed by atoms with Crippen LogP contribution >= 0.6 is 11.8 Å². The summed E-state index contributed by atoms with van der Waals surface area (Å²) in [7, 11) is 1.82. The Kier molecular flexibility index (Phi) is 8.42. The maximum absolute atomic E-state index is 5.52. The average molecular weight is 351 g/mol. The first-order valence-electron chi connectivity index (χ1n) is 8.56. The zero-order valence-corrected chi connectivity index (χ0v) is 15.9. The predicted molar refractivity (Wildman–Crippen MR) is 104 cm³/mol. The van der Waals surface area contributed by atoms with Crippen molar-refractivity contribution in [3.8, 4) is 0 Å². The molecule has 5 nitrogen and oxygen atoms in total. The van der Waals surface area contributed by atoms with Gasteiger partial charge in [0.25, 0.3) is 0 Å². The Bertz CT molecular complexity index is 517. The zero-order valence-electron chi connectivity index (χ0n) is 15.0. The van der Waals surface area contributed by atoms with Gasteiger partial charge in [-0.3, -0.25) is 9.89 Å². The van der Waals surface area contributed by atoms with E-state index in [-0.39, 0.29) is 0 Å². The van der Waals surface area contributed by atoms with Gasteiger partial charge >= 0.3 is 0 Å². The molecule has 1 saturated heterocycles. The number of guanidine groups is 1. The van der Waals surface area contributed by atoms with E-state index in [1.165, 1.54) is 11.1 Å². The number of nitrogens with one attached hydrogen (secondary N) is 2. The van der Waals surface area contributed by atoms with Gasteiger partial charge in [-0.15, -0.1) is 0 Å². The van der Waals surface area contributed by atoms with Crippen LogP contribution in [-0.2, 0) is 4.74 Å². The Morgan fingerprint density at radius 3 is 2.79 bits per heavy atom. The molecule has 1 aliphatic heterocycles. The maximum Gasteiger partial charge on any atom is 0.191 e. The zero-order chi connectivity index (χ0) is 17.2. The van der Waals surface area contributed by atoms with Crippen LogP contribution in [-0.4, -0.2) is 69.3 Å². The number of ether oxygens (including phenoxy) is 1. The summed E-state index contributed by atoms with van der Waals surface area (Å²) < 4.78 is 5.52. The molecule has 0 bridgehead atoms. The molecule has 1 atom stereocenters. The van der Waals surface area contributed by atoms with Gasteiger partial charge < -0.3 is 15.4 Å². The second-order valence-electron chi connectivity index (χ2n) is 5.95. The maximum atomic E-state index is 5.52. The molecule has 1 aromatic carbocycles. The molecule has 0 saturated carbocycles. The molecular formula is C18H30N4OS. The highest BCUT2D eigenvalue weighted by molar-refractivity contribution is 7.98. The number of aliphatic imine (C=N–C) groups is 1. The van der Waals surface area contributed by atoms with Crippen LogP contribution in [0.15, 0.2) is 29.3 Å². The molecule has 1 heterocycles. The van der Waals surface area contributed by atoms with Gasteiger partial charge in [-0.05, 0) is 18.7 Å². The number of hydrogen-bond acceptors (Lipinski definition) is 4. The summed E-state index contributed by atoms with van der Waals surface area (Å²) in [6, 6.07) is 9.12. The molecule has 1 aromatic rings. The quantitative estimate of drug-likeness (QED) is 0.447. The minimum atomic E-state index is 0.327. The van der Waals surface area contributed by atoms with Gasteiger partial charge in [0, 0.05) is 39.0 Å². The van der Waals surface area contributed by atoms with Crippen LogP contribution in [0.2, 0.25) is 0 Å². The minimum absolute atomic E-state index is 0.327. The topological polar surface area (TPSA) is 48.9 Å². The van der Waals surface area contributed by atoms with E-state index in [2.05, 4.69) is 58.0 Å². The summed E-state index contributed by atoms with van der Waals surface area (Å²) in [6.07, 6.45) is 2.12. The summed E-state index contributed by atoms with van der Waals surface area (Å²) in [6.45, 7) is 7.47. The van der Waals surface area contributed by atoms with E-state index < -0.39 is 0 Å². The van der Waals surface area contributed by atoms with Gasteiger partial charge in [-0.2, -0.15) is 11.8 Å². The van der Waals surface area contributed by atoms with Crippen LogP contribution in [0.1, 0.15) is 17.2 Å². The van der Waals surface area contributed by atoms with Crippen molar-refractivity contribution in [1.82, 2.24) is 15.5 Å². The Balaban J connectivity index is 2.02. The van der Waals surface area contributed by atoms with Gasteiger partial charge in [0.1, 0.15) is 0 Å². The lowest BCUT2D eigenvalue weighted by Gasteiger charge is -2.35. The second-order valence-corrected chi connectivity index (χ2v) is 6.94. The molecule has 0 radical (unpaired) electrons. The Labute approximate surface area is 150 Å². The lowest BCUT2D eigenvalue weighted by molar-refractivity contribution is 0.0170.